The predicted molar refractivity (Wildman–Crippen MR) is 117 cm³/mol. The van der Waals surface area contributed by atoms with Crippen LogP contribution in [0.4, 0.5) is 0 Å². The van der Waals surface area contributed by atoms with Crippen LogP contribution in [0, 0.1) is 0 Å². The van der Waals surface area contributed by atoms with E-state index in [4.69, 9.17) is 0 Å². The Morgan fingerprint density at radius 2 is 0.964 bits per heavy atom. The van der Waals surface area contributed by atoms with Crippen LogP contribution in [-0.2, 0) is 16.6 Å². The Kier molecular flexibility index (Phi) is 5.69. The van der Waals surface area contributed by atoms with E-state index < -0.39 is 0 Å². The minimum atomic E-state index is -0.0404. The van der Waals surface area contributed by atoms with Crippen molar-refractivity contribution in [3.63, 3.8) is 0 Å². The summed E-state index contributed by atoms with van der Waals surface area (Å²) in [5.74, 6) is 0.991. The highest BCUT2D eigenvalue weighted by Crippen LogP contribution is 2.27. The molecule has 0 spiro atoms. The molecule has 4 rings (SSSR count). The normalized spacial score (nSPS) is 10.8. The molecular weight excluding hydrogens is 360 g/mol. The van der Waals surface area contributed by atoms with E-state index >= 15 is 0 Å². The standard InChI is InChI=1S/C26H21OS/c27-26(22-10-4-1-5-11-22)23-18-16-21(17-19-23)20-28(24-12-6-2-7-13-24)25-14-8-3-9-15-25/h1-19H,20H2/q+1. The summed E-state index contributed by atoms with van der Waals surface area (Å²) in [6.07, 6.45) is 0. The fraction of sp³-hybridized carbons (Fsp3) is 0.0385. The van der Waals surface area contributed by atoms with Gasteiger partial charge >= 0.3 is 0 Å². The minimum Gasteiger partial charge on any atom is -0.289 e. The van der Waals surface area contributed by atoms with E-state index in [-0.39, 0.29) is 16.7 Å². The number of hydrogen-bond acceptors (Lipinski definition) is 1. The summed E-state index contributed by atoms with van der Waals surface area (Å²) in [7, 11) is -0.0404. The van der Waals surface area contributed by atoms with Crippen molar-refractivity contribution in [1.82, 2.24) is 0 Å². The molecule has 0 saturated heterocycles. The van der Waals surface area contributed by atoms with Crippen molar-refractivity contribution in [2.24, 2.45) is 0 Å². The Labute approximate surface area is 169 Å². The lowest BCUT2D eigenvalue weighted by Crippen LogP contribution is -2.08. The highest BCUT2D eigenvalue weighted by Gasteiger charge is 2.25. The third kappa shape index (κ3) is 4.24. The summed E-state index contributed by atoms with van der Waals surface area (Å²) < 4.78 is 0. The molecule has 136 valence electrons. The number of ketones is 1. The van der Waals surface area contributed by atoms with Gasteiger partial charge in [-0.15, -0.1) is 0 Å². The Hall–Kier alpha value is -3.10. The van der Waals surface area contributed by atoms with Crippen LogP contribution >= 0.6 is 0 Å². The molecule has 4 aromatic carbocycles. The second-order valence-corrected chi connectivity index (χ2v) is 8.57. The third-order valence-electron chi connectivity index (χ3n) is 4.62. The van der Waals surface area contributed by atoms with Crippen molar-refractivity contribution < 1.29 is 4.79 Å². The average molecular weight is 382 g/mol. The summed E-state index contributed by atoms with van der Waals surface area (Å²) in [4.78, 5) is 15.3. The van der Waals surface area contributed by atoms with Gasteiger partial charge in [0, 0.05) is 16.7 Å². The number of hydrogen-bond donors (Lipinski definition) is 0. The lowest BCUT2D eigenvalue weighted by atomic mass is 10.0. The largest absolute Gasteiger partial charge is 0.289 e. The number of rotatable bonds is 6. The first-order valence-electron chi connectivity index (χ1n) is 9.31. The van der Waals surface area contributed by atoms with Gasteiger partial charge in [-0.25, -0.2) is 0 Å². The maximum absolute atomic E-state index is 12.6. The molecular formula is C26H21OS+. The number of carbonyl (C=O) groups is 1. The average Bonchev–Trinajstić information content (AvgIpc) is 2.79. The maximum Gasteiger partial charge on any atom is 0.193 e. The lowest BCUT2D eigenvalue weighted by molar-refractivity contribution is 0.103. The molecule has 0 unspecified atom stereocenters. The molecule has 0 aromatic heterocycles. The van der Waals surface area contributed by atoms with Gasteiger partial charge in [-0.05, 0) is 24.3 Å². The molecule has 0 heterocycles. The minimum absolute atomic E-state index is 0.0404. The smallest absolute Gasteiger partial charge is 0.193 e. The van der Waals surface area contributed by atoms with E-state index in [0.29, 0.717) is 0 Å². The summed E-state index contributed by atoms with van der Waals surface area (Å²) in [5.41, 5.74) is 2.69. The van der Waals surface area contributed by atoms with Crippen LogP contribution < -0.4 is 0 Å². The summed E-state index contributed by atoms with van der Waals surface area (Å²) in [6, 6.07) is 38.8. The monoisotopic (exact) mass is 381 g/mol. The van der Waals surface area contributed by atoms with E-state index in [1.165, 1.54) is 15.4 Å². The van der Waals surface area contributed by atoms with Crippen molar-refractivity contribution >= 4 is 16.7 Å². The van der Waals surface area contributed by atoms with Crippen molar-refractivity contribution in [2.45, 2.75) is 15.5 Å². The predicted octanol–water partition coefficient (Wildman–Crippen LogP) is 6.15. The zero-order valence-corrected chi connectivity index (χ0v) is 16.3. The topological polar surface area (TPSA) is 17.1 Å². The SMILES string of the molecule is O=C(c1ccccc1)c1ccc(C[S+](c2ccccc2)c2ccccc2)cc1. The zero-order valence-electron chi connectivity index (χ0n) is 15.5. The van der Waals surface area contributed by atoms with Crippen molar-refractivity contribution in [3.8, 4) is 0 Å². The molecule has 0 radical (unpaired) electrons. The first kappa shape index (κ1) is 18.3. The molecule has 0 amide bonds. The van der Waals surface area contributed by atoms with Crippen LogP contribution in [0.2, 0.25) is 0 Å². The van der Waals surface area contributed by atoms with E-state index in [1.807, 2.05) is 42.5 Å². The maximum atomic E-state index is 12.6. The first-order valence-corrected chi connectivity index (χ1v) is 10.7. The molecule has 0 bridgehead atoms. The molecule has 0 atom stereocenters. The molecule has 0 fully saturated rings. The van der Waals surface area contributed by atoms with Gasteiger partial charge in [0.15, 0.2) is 15.6 Å². The molecule has 4 aromatic rings. The highest BCUT2D eigenvalue weighted by atomic mass is 32.2. The van der Waals surface area contributed by atoms with Gasteiger partial charge < -0.3 is 0 Å². The molecule has 0 aliphatic heterocycles. The first-order chi connectivity index (χ1) is 13.8. The van der Waals surface area contributed by atoms with Crippen LogP contribution in [0.1, 0.15) is 21.5 Å². The van der Waals surface area contributed by atoms with Crippen molar-refractivity contribution in [2.75, 3.05) is 0 Å². The van der Waals surface area contributed by atoms with Crippen LogP contribution in [-0.4, -0.2) is 5.78 Å². The highest BCUT2D eigenvalue weighted by molar-refractivity contribution is 7.96. The zero-order chi connectivity index (χ0) is 19.2. The Morgan fingerprint density at radius 3 is 1.46 bits per heavy atom. The quantitative estimate of drug-likeness (QED) is 0.289. The molecule has 2 heteroatoms. The van der Waals surface area contributed by atoms with E-state index in [0.717, 1.165) is 16.9 Å². The molecule has 0 saturated carbocycles. The van der Waals surface area contributed by atoms with Gasteiger partial charge in [-0.3, -0.25) is 4.79 Å². The lowest BCUT2D eigenvalue weighted by Gasteiger charge is -2.09. The van der Waals surface area contributed by atoms with E-state index in [2.05, 4.69) is 72.8 Å². The molecule has 1 nitrogen and oxygen atoms in total. The molecule has 28 heavy (non-hydrogen) atoms. The number of carbonyl (C=O) groups excluding carboxylic acids is 1. The Bertz CT molecular complexity index is 987. The molecule has 0 aliphatic carbocycles. The second-order valence-electron chi connectivity index (χ2n) is 6.55. The van der Waals surface area contributed by atoms with Gasteiger partial charge in [0.2, 0.25) is 0 Å². The van der Waals surface area contributed by atoms with Gasteiger partial charge in [-0.1, -0.05) is 91.0 Å². The van der Waals surface area contributed by atoms with Crippen molar-refractivity contribution in [3.05, 3.63) is 132 Å². The summed E-state index contributed by atoms with van der Waals surface area (Å²) in [5, 5.41) is 0. The van der Waals surface area contributed by atoms with E-state index in [9.17, 15) is 4.79 Å². The van der Waals surface area contributed by atoms with Crippen LogP contribution in [0.3, 0.4) is 0 Å². The number of benzene rings is 4. The Morgan fingerprint density at radius 1 is 0.536 bits per heavy atom. The fourth-order valence-electron chi connectivity index (χ4n) is 3.15. The fourth-order valence-corrected chi connectivity index (χ4v) is 5.25. The van der Waals surface area contributed by atoms with Crippen LogP contribution in [0.15, 0.2) is 125 Å². The third-order valence-corrected chi connectivity index (χ3v) is 6.92. The molecule has 0 aliphatic rings. The molecule has 0 N–H and O–H groups in total. The van der Waals surface area contributed by atoms with Gasteiger partial charge in [0.25, 0.3) is 0 Å². The van der Waals surface area contributed by atoms with Gasteiger partial charge in [0.05, 0.1) is 10.9 Å². The van der Waals surface area contributed by atoms with E-state index in [1.54, 1.807) is 0 Å². The van der Waals surface area contributed by atoms with Gasteiger partial charge in [-0.2, -0.15) is 0 Å². The van der Waals surface area contributed by atoms with Crippen molar-refractivity contribution in [1.29, 1.82) is 0 Å². The Balaban J connectivity index is 1.59. The van der Waals surface area contributed by atoms with Crippen LogP contribution in [0.25, 0.3) is 0 Å². The summed E-state index contributed by atoms with van der Waals surface area (Å²) >= 11 is 0. The van der Waals surface area contributed by atoms with Crippen LogP contribution in [0.5, 0.6) is 0 Å². The second kappa shape index (κ2) is 8.73. The van der Waals surface area contributed by atoms with Gasteiger partial charge in [0.1, 0.15) is 5.75 Å². The summed E-state index contributed by atoms with van der Waals surface area (Å²) in [6.45, 7) is 0.